The fourth-order valence-electron chi connectivity index (χ4n) is 3.21. The van der Waals surface area contributed by atoms with Crippen LogP contribution in [0.3, 0.4) is 0 Å². The lowest BCUT2D eigenvalue weighted by molar-refractivity contribution is 0.0949. The molecule has 1 aromatic rings. The van der Waals surface area contributed by atoms with Gasteiger partial charge in [-0.2, -0.15) is 0 Å². The van der Waals surface area contributed by atoms with Gasteiger partial charge in [0.1, 0.15) is 0 Å². The van der Waals surface area contributed by atoms with Gasteiger partial charge in [-0.15, -0.1) is 0 Å². The number of nitrogens with one attached hydrogen (secondary N) is 2. The van der Waals surface area contributed by atoms with Gasteiger partial charge in [0.05, 0.1) is 0 Å². The molecule has 1 saturated carbocycles. The Labute approximate surface area is 122 Å². The molecule has 0 atom stereocenters. The number of hydrogen-bond acceptors (Lipinski definition) is 2. The zero-order valence-corrected chi connectivity index (χ0v) is 13.4. The second-order valence-electron chi connectivity index (χ2n) is 6.99. The average molecular weight is 274 g/mol. The smallest absolute Gasteiger partial charge is 0.251 e. The minimum Gasteiger partial charge on any atom is -0.388 e. The van der Waals surface area contributed by atoms with Crippen molar-refractivity contribution in [3.8, 4) is 0 Å². The molecule has 20 heavy (non-hydrogen) atoms. The molecule has 3 heteroatoms. The molecule has 0 spiro atoms. The summed E-state index contributed by atoms with van der Waals surface area (Å²) < 4.78 is 0. The van der Waals surface area contributed by atoms with E-state index in [1.54, 1.807) is 0 Å². The highest BCUT2D eigenvalue weighted by molar-refractivity contribution is 5.96. The number of rotatable bonds is 4. The molecular weight excluding hydrogens is 248 g/mol. The monoisotopic (exact) mass is 274 g/mol. The first kappa shape index (κ1) is 14.9. The summed E-state index contributed by atoms with van der Waals surface area (Å²) in [5.41, 5.74) is 3.42. The molecule has 1 amide bonds. The van der Waals surface area contributed by atoms with E-state index in [4.69, 9.17) is 0 Å². The van der Waals surface area contributed by atoms with Gasteiger partial charge in [0.2, 0.25) is 0 Å². The van der Waals surface area contributed by atoms with Gasteiger partial charge in [-0.1, -0.05) is 27.7 Å². The van der Waals surface area contributed by atoms with Crippen molar-refractivity contribution in [2.75, 3.05) is 18.9 Å². The predicted molar refractivity (Wildman–Crippen MR) is 84.1 cm³/mol. The van der Waals surface area contributed by atoms with Gasteiger partial charge in [0.15, 0.2) is 0 Å². The van der Waals surface area contributed by atoms with Crippen LogP contribution in [0.2, 0.25) is 0 Å². The molecule has 1 aliphatic rings. The van der Waals surface area contributed by atoms with Crippen molar-refractivity contribution in [1.29, 1.82) is 0 Å². The van der Waals surface area contributed by atoms with Crippen molar-refractivity contribution in [3.63, 3.8) is 0 Å². The summed E-state index contributed by atoms with van der Waals surface area (Å²) in [7, 11) is 1.88. The van der Waals surface area contributed by atoms with Gasteiger partial charge in [0.25, 0.3) is 5.91 Å². The summed E-state index contributed by atoms with van der Waals surface area (Å²) in [6, 6.07) is 5.83. The third kappa shape index (κ3) is 2.30. The number of carbonyl (C=O) groups excluding carboxylic acids is 1. The molecule has 1 aromatic carbocycles. The molecule has 1 fully saturated rings. The fraction of sp³-hybridized carbons (Fsp3) is 0.588. The molecule has 0 radical (unpaired) electrons. The Morgan fingerprint density at radius 2 is 1.80 bits per heavy atom. The van der Waals surface area contributed by atoms with E-state index in [9.17, 15) is 4.79 Å². The van der Waals surface area contributed by atoms with Crippen molar-refractivity contribution < 1.29 is 4.79 Å². The van der Waals surface area contributed by atoms with Crippen LogP contribution in [0.1, 0.15) is 43.6 Å². The second-order valence-corrected chi connectivity index (χ2v) is 6.99. The van der Waals surface area contributed by atoms with Gasteiger partial charge < -0.3 is 10.6 Å². The van der Waals surface area contributed by atoms with E-state index in [1.807, 2.05) is 32.2 Å². The quantitative estimate of drug-likeness (QED) is 0.883. The highest BCUT2D eigenvalue weighted by Gasteiger charge is 2.64. The van der Waals surface area contributed by atoms with Crippen LogP contribution < -0.4 is 10.6 Å². The maximum absolute atomic E-state index is 12.3. The van der Waals surface area contributed by atoms with Crippen LogP contribution >= 0.6 is 0 Å². The molecule has 2 N–H and O–H groups in total. The number of anilines is 1. The Balaban J connectivity index is 2.00. The number of benzene rings is 1. The van der Waals surface area contributed by atoms with E-state index in [0.717, 1.165) is 23.4 Å². The maximum Gasteiger partial charge on any atom is 0.251 e. The lowest BCUT2D eigenvalue weighted by Gasteiger charge is -2.10. The van der Waals surface area contributed by atoms with E-state index in [0.29, 0.717) is 16.7 Å². The van der Waals surface area contributed by atoms with Crippen LogP contribution in [-0.4, -0.2) is 19.5 Å². The van der Waals surface area contributed by atoms with Gasteiger partial charge in [-0.3, -0.25) is 4.79 Å². The SMILES string of the molecule is CNc1ccc(C(=O)NCC2C(C)(C)C2(C)C)c(C)c1. The summed E-state index contributed by atoms with van der Waals surface area (Å²) >= 11 is 0. The number of amides is 1. The van der Waals surface area contributed by atoms with Gasteiger partial charge in [-0.05, 0) is 47.4 Å². The Hall–Kier alpha value is -1.51. The van der Waals surface area contributed by atoms with Crippen LogP contribution in [0.4, 0.5) is 5.69 Å². The standard InChI is InChI=1S/C17H26N2O/c1-11-9-12(18-6)7-8-13(11)15(20)19-10-14-16(2,3)17(14,4)5/h7-9,14,18H,10H2,1-6H3,(H,19,20). The molecule has 3 nitrogen and oxygen atoms in total. The van der Waals surface area contributed by atoms with Crippen LogP contribution in [-0.2, 0) is 0 Å². The second kappa shape index (κ2) is 4.80. The van der Waals surface area contributed by atoms with E-state index in [-0.39, 0.29) is 5.91 Å². The zero-order valence-electron chi connectivity index (χ0n) is 13.4. The minimum atomic E-state index is 0.0312. The van der Waals surface area contributed by atoms with E-state index in [1.165, 1.54) is 0 Å². The lowest BCUT2D eigenvalue weighted by Crippen LogP contribution is -2.27. The largest absolute Gasteiger partial charge is 0.388 e. The highest BCUT2D eigenvalue weighted by Crippen LogP contribution is 2.67. The van der Waals surface area contributed by atoms with Crippen LogP contribution in [0.5, 0.6) is 0 Å². The van der Waals surface area contributed by atoms with Crippen molar-refractivity contribution in [2.45, 2.75) is 34.6 Å². The highest BCUT2D eigenvalue weighted by atomic mass is 16.1. The summed E-state index contributed by atoms with van der Waals surface area (Å²) in [5, 5.41) is 6.18. The number of aryl methyl sites for hydroxylation is 1. The Morgan fingerprint density at radius 3 is 2.25 bits per heavy atom. The summed E-state index contributed by atoms with van der Waals surface area (Å²) in [5.74, 6) is 0.583. The zero-order chi connectivity index (χ0) is 15.1. The van der Waals surface area contributed by atoms with Crippen molar-refractivity contribution in [1.82, 2.24) is 5.32 Å². The Morgan fingerprint density at radius 1 is 1.20 bits per heavy atom. The molecule has 110 valence electrons. The van der Waals surface area contributed by atoms with Crippen molar-refractivity contribution >= 4 is 11.6 Å². The third-order valence-electron chi connectivity index (χ3n) is 5.55. The molecular formula is C17H26N2O. The first-order chi connectivity index (χ1) is 9.21. The lowest BCUT2D eigenvalue weighted by atomic mass is 10.0. The maximum atomic E-state index is 12.3. The van der Waals surface area contributed by atoms with E-state index in [2.05, 4.69) is 38.3 Å². The number of carbonyl (C=O) groups is 1. The van der Waals surface area contributed by atoms with E-state index >= 15 is 0 Å². The van der Waals surface area contributed by atoms with Crippen LogP contribution in [0, 0.1) is 23.7 Å². The average Bonchev–Trinajstić information content (AvgIpc) is 2.76. The summed E-state index contributed by atoms with van der Waals surface area (Å²) in [6.45, 7) is 11.8. The Bertz CT molecular complexity index is 518. The fourth-order valence-corrected chi connectivity index (χ4v) is 3.21. The summed E-state index contributed by atoms with van der Waals surface area (Å²) in [4.78, 5) is 12.3. The topological polar surface area (TPSA) is 41.1 Å². The molecule has 0 aromatic heterocycles. The van der Waals surface area contributed by atoms with Crippen molar-refractivity contribution in [3.05, 3.63) is 29.3 Å². The number of hydrogen-bond donors (Lipinski definition) is 2. The third-order valence-corrected chi connectivity index (χ3v) is 5.55. The minimum absolute atomic E-state index is 0.0312. The molecule has 0 saturated heterocycles. The predicted octanol–water partition coefficient (Wildman–Crippen LogP) is 3.45. The van der Waals surface area contributed by atoms with Crippen LogP contribution in [0.25, 0.3) is 0 Å². The summed E-state index contributed by atoms with van der Waals surface area (Å²) in [6.07, 6.45) is 0. The van der Waals surface area contributed by atoms with Gasteiger partial charge >= 0.3 is 0 Å². The molecule has 0 heterocycles. The van der Waals surface area contributed by atoms with Crippen molar-refractivity contribution in [2.24, 2.45) is 16.7 Å². The first-order valence-electron chi connectivity index (χ1n) is 7.28. The first-order valence-corrected chi connectivity index (χ1v) is 7.28. The molecule has 2 rings (SSSR count). The molecule has 0 aliphatic heterocycles. The van der Waals surface area contributed by atoms with Gasteiger partial charge in [0, 0.05) is 24.8 Å². The molecule has 0 unspecified atom stereocenters. The van der Waals surface area contributed by atoms with Gasteiger partial charge in [-0.25, -0.2) is 0 Å². The molecule has 1 aliphatic carbocycles. The van der Waals surface area contributed by atoms with Crippen LogP contribution in [0.15, 0.2) is 18.2 Å². The Kier molecular flexibility index (Phi) is 3.57. The normalized spacial score (nSPS) is 19.5. The molecule has 0 bridgehead atoms. The van der Waals surface area contributed by atoms with E-state index < -0.39 is 0 Å².